The molecule has 2 nitrogen and oxygen atoms in total. The zero-order valence-electron chi connectivity index (χ0n) is 15.3. The standard InChI is InChI=1S/C23H24N2/c1-15(2)17-10-7-11-18(16(3)4)22(17)24-23-19-9-5-6-12-20(19)25-14-8-13-21(23)25/h5-16H,1-4H3. The first-order valence-electron chi connectivity index (χ1n) is 9.07. The second kappa shape index (κ2) is 6.03. The second-order valence-corrected chi connectivity index (χ2v) is 7.34. The second-order valence-electron chi connectivity index (χ2n) is 7.34. The highest BCUT2D eigenvalue weighted by Crippen LogP contribution is 2.37. The van der Waals surface area contributed by atoms with E-state index in [2.05, 4.69) is 93.1 Å². The molecule has 1 aliphatic heterocycles. The topological polar surface area (TPSA) is 17.3 Å². The van der Waals surface area contributed by atoms with Crippen LogP contribution in [0.3, 0.4) is 0 Å². The maximum absolute atomic E-state index is 5.25. The van der Waals surface area contributed by atoms with Gasteiger partial charge in [0.25, 0.3) is 0 Å². The van der Waals surface area contributed by atoms with Gasteiger partial charge in [0.15, 0.2) is 0 Å². The average molecular weight is 328 g/mol. The lowest BCUT2D eigenvalue weighted by Crippen LogP contribution is -2.01. The molecule has 0 radical (unpaired) electrons. The third kappa shape index (κ3) is 2.53. The number of fused-ring (bicyclic) bond motifs is 3. The molecule has 0 saturated heterocycles. The molecule has 1 aromatic heterocycles. The summed E-state index contributed by atoms with van der Waals surface area (Å²) in [6, 6.07) is 19.4. The van der Waals surface area contributed by atoms with Crippen LogP contribution in [0.2, 0.25) is 0 Å². The fraction of sp³-hybridized carbons (Fsp3) is 0.261. The number of hydrogen-bond donors (Lipinski definition) is 0. The van der Waals surface area contributed by atoms with Crippen molar-refractivity contribution < 1.29 is 0 Å². The van der Waals surface area contributed by atoms with E-state index in [0.717, 1.165) is 11.4 Å². The summed E-state index contributed by atoms with van der Waals surface area (Å²) in [6.07, 6.45) is 2.12. The Kier molecular flexibility index (Phi) is 3.84. The SMILES string of the molecule is CC(C)c1cccc(C(C)C)c1N=C1c2ccccc2-n2cccc21. The van der Waals surface area contributed by atoms with Crippen molar-refractivity contribution in [1.29, 1.82) is 0 Å². The Hall–Kier alpha value is -2.61. The lowest BCUT2D eigenvalue weighted by Gasteiger charge is -2.17. The van der Waals surface area contributed by atoms with Gasteiger partial charge in [-0.3, -0.25) is 0 Å². The predicted molar refractivity (Wildman–Crippen MR) is 106 cm³/mol. The van der Waals surface area contributed by atoms with Crippen molar-refractivity contribution in [2.45, 2.75) is 39.5 Å². The highest BCUT2D eigenvalue weighted by atomic mass is 15.0. The quantitative estimate of drug-likeness (QED) is 0.425. The highest BCUT2D eigenvalue weighted by Gasteiger charge is 2.25. The Bertz CT molecular complexity index is 931. The molecule has 25 heavy (non-hydrogen) atoms. The smallest absolute Gasteiger partial charge is 0.0970 e. The fourth-order valence-electron chi connectivity index (χ4n) is 3.68. The first-order valence-corrected chi connectivity index (χ1v) is 9.07. The number of aromatic nitrogens is 1. The van der Waals surface area contributed by atoms with Crippen LogP contribution in [0.25, 0.3) is 5.69 Å². The van der Waals surface area contributed by atoms with Crippen LogP contribution in [-0.4, -0.2) is 10.3 Å². The summed E-state index contributed by atoms with van der Waals surface area (Å²) >= 11 is 0. The van der Waals surface area contributed by atoms with Crippen molar-refractivity contribution in [1.82, 2.24) is 4.57 Å². The number of para-hydroxylation sites is 2. The van der Waals surface area contributed by atoms with Crippen LogP contribution in [0, 0.1) is 0 Å². The van der Waals surface area contributed by atoms with Crippen LogP contribution >= 0.6 is 0 Å². The molecule has 126 valence electrons. The number of aliphatic imine (C=N–C) groups is 1. The molecule has 0 fully saturated rings. The zero-order chi connectivity index (χ0) is 17.6. The molecule has 2 heteroatoms. The third-order valence-corrected chi connectivity index (χ3v) is 4.98. The van der Waals surface area contributed by atoms with Gasteiger partial charge in [0, 0.05) is 11.8 Å². The Morgan fingerprint density at radius 1 is 0.760 bits per heavy atom. The molecule has 2 heterocycles. The van der Waals surface area contributed by atoms with Gasteiger partial charge < -0.3 is 4.57 Å². The molecule has 0 amide bonds. The van der Waals surface area contributed by atoms with Gasteiger partial charge in [-0.1, -0.05) is 64.1 Å². The Morgan fingerprint density at radius 2 is 1.44 bits per heavy atom. The van der Waals surface area contributed by atoms with Crippen LogP contribution < -0.4 is 0 Å². The van der Waals surface area contributed by atoms with Crippen molar-refractivity contribution in [2.24, 2.45) is 4.99 Å². The molecule has 0 aliphatic carbocycles. The number of rotatable bonds is 3. The number of benzene rings is 2. The maximum atomic E-state index is 5.25. The minimum absolute atomic E-state index is 0.446. The van der Waals surface area contributed by atoms with Crippen molar-refractivity contribution in [2.75, 3.05) is 0 Å². The van der Waals surface area contributed by atoms with E-state index in [-0.39, 0.29) is 0 Å². The van der Waals surface area contributed by atoms with Crippen molar-refractivity contribution >= 4 is 11.4 Å². The monoisotopic (exact) mass is 328 g/mol. The Labute approximate surface area is 149 Å². The summed E-state index contributed by atoms with van der Waals surface area (Å²) in [5.41, 5.74) is 8.47. The summed E-state index contributed by atoms with van der Waals surface area (Å²) < 4.78 is 2.24. The molecular weight excluding hydrogens is 304 g/mol. The van der Waals surface area contributed by atoms with E-state index in [1.54, 1.807) is 0 Å². The molecule has 0 bridgehead atoms. The van der Waals surface area contributed by atoms with Crippen LogP contribution in [0.5, 0.6) is 0 Å². The average Bonchev–Trinajstić information content (AvgIpc) is 3.17. The minimum atomic E-state index is 0.446. The Balaban J connectivity index is 1.99. The summed E-state index contributed by atoms with van der Waals surface area (Å²) in [5.74, 6) is 0.892. The first-order chi connectivity index (χ1) is 12.1. The van der Waals surface area contributed by atoms with E-state index in [0.29, 0.717) is 11.8 Å². The largest absolute Gasteiger partial charge is 0.314 e. The van der Waals surface area contributed by atoms with Gasteiger partial charge in [0.1, 0.15) is 0 Å². The van der Waals surface area contributed by atoms with Crippen molar-refractivity contribution in [3.05, 3.63) is 83.2 Å². The predicted octanol–water partition coefficient (Wildman–Crippen LogP) is 6.21. The van der Waals surface area contributed by atoms with Crippen LogP contribution in [0.4, 0.5) is 5.69 Å². The van der Waals surface area contributed by atoms with Gasteiger partial charge in [-0.05, 0) is 41.2 Å². The van der Waals surface area contributed by atoms with E-state index >= 15 is 0 Å². The first kappa shape index (κ1) is 15.9. The van der Waals surface area contributed by atoms with Gasteiger partial charge in [0.2, 0.25) is 0 Å². The number of nitrogens with zero attached hydrogens (tertiary/aromatic N) is 2. The minimum Gasteiger partial charge on any atom is -0.314 e. The van der Waals surface area contributed by atoms with Gasteiger partial charge in [-0.15, -0.1) is 0 Å². The van der Waals surface area contributed by atoms with Gasteiger partial charge >= 0.3 is 0 Å². The fourth-order valence-corrected chi connectivity index (χ4v) is 3.68. The van der Waals surface area contributed by atoms with E-state index < -0.39 is 0 Å². The molecule has 0 unspecified atom stereocenters. The van der Waals surface area contributed by atoms with E-state index in [1.165, 1.54) is 28.1 Å². The highest BCUT2D eigenvalue weighted by molar-refractivity contribution is 6.18. The third-order valence-electron chi connectivity index (χ3n) is 4.98. The van der Waals surface area contributed by atoms with Gasteiger partial charge in [-0.25, -0.2) is 4.99 Å². The summed E-state index contributed by atoms with van der Waals surface area (Å²) in [4.78, 5) is 5.25. The summed E-state index contributed by atoms with van der Waals surface area (Å²) in [6.45, 7) is 8.98. The van der Waals surface area contributed by atoms with Gasteiger partial charge in [-0.2, -0.15) is 0 Å². The van der Waals surface area contributed by atoms with E-state index in [1.807, 2.05) is 0 Å². The molecule has 2 aromatic carbocycles. The maximum Gasteiger partial charge on any atom is 0.0970 e. The summed E-state index contributed by atoms with van der Waals surface area (Å²) in [5, 5.41) is 0. The zero-order valence-corrected chi connectivity index (χ0v) is 15.3. The van der Waals surface area contributed by atoms with Crippen molar-refractivity contribution in [3.63, 3.8) is 0 Å². The van der Waals surface area contributed by atoms with Crippen LogP contribution in [0.15, 0.2) is 65.8 Å². The van der Waals surface area contributed by atoms with Crippen LogP contribution in [-0.2, 0) is 0 Å². The van der Waals surface area contributed by atoms with Gasteiger partial charge in [0.05, 0.1) is 22.8 Å². The summed E-state index contributed by atoms with van der Waals surface area (Å²) in [7, 11) is 0. The lowest BCUT2D eigenvalue weighted by atomic mass is 9.92. The molecule has 1 aliphatic rings. The molecule has 0 atom stereocenters. The molecule has 3 aromatic rings. The molecular formula is C23H24N2. The number of hydrogen-bond acceptors (Lipinski definition) is 1. The molecule has 0 N–H and O–H groups in total. The van der Waals surface area contributed by atoms with Crippen LogP contribution in [0.1, 0.15) is 61.9 Å². The van der Waals surface area contributed by atoms with E-state index in [9.17, 15) is 0 Å². The molecule has 0 spiro atoms. The normalized spacial score (nSPS) is 14.4. The molecule has 0 saturated carbocycles. The van der Waals surface area contributed by atoms with E-state index in [4.69, 9.17) is 4.99 Å². The Morgan fingerprint density at radius 3 is 2.12 bits per heavy atom. The molecule has 4 rings (SSSR count). The van der Waals surface area contributed by atoms with Crippen molar-refractivity contribution in [3.8, 4) is 5.69 Å². The lowest BCUT2D eigenvalue weighted by molar-refractivity contribution is 0.834.